The first kappa shape index (κ1) is 14.1. The highest BCUT2D eigenvalue weighted by Gasteiger charge is 2.47. The van der Waals surface area contributed by atoms with Crippen molar-refractivity contribution in [2.24, 2.45) is 0 Å². The van der Waals surface area contributed by atoms with E-state index in [1.807, 2.05) is 0 Å². The highest BCUT2D eigenvalue weighted by atomic mass is 16.5. The van der Waals surface area contributed by atoms with Crippen LogP contribution in [0.5, 0.6) is 0 Å². The van der Waals surface area contributed by atoms with Gasteiger partial charge in [-0.3, -0.25) is 14.5 Å². The van der Waals surface area contributed by atoms with E-state index in [1.54, 1.807) is 0 Å². The Kier molecular flexibility index (Phi) is 3.75. The zero-order valence-corrected chi connectivity index (χ0v) is 10.8. The van der Waals surface area contributed by atoms with Crippen molar-refractivity contribution < 1.29 is 29.3 Å². The summed E-state index contributed by atoms with van der Waals surface area (Å²) in [6.07, 6.45) is 2.80. The summed E-state index contributed by atoms with van der Waals surface area (Å²) < 4.78 is 4.81. The van der Waals surface area contributed by atoms with Crippen LogP contribution in [-0.4, -0.2) is 70.6 Å². The van der Waals surface area contributed by atoms with Gasteiger partial charge in [0.25, 0.3) is 0 Å². The van der Waals surface area contributed by atoms with Crippen LogP contribution in [0.15, 0.2) is 23.6 Å². The maximum absolute atomic E-state index is 12.0. The van der Waals surface area contributed by atoms with Crippen molar-refractivity contribution in [1.29, 1.82) is 0 Å². The normalized spacial score (nSPS) is 22.4. The van der Waals surface area contributed by atoms with Crippen LogP contribution >= 0.6 is 0 Å². The number of rotatable bonds is 4. The van der Waals surface area contributed by atoms with Crippen LogP contribution in [0.2, 0.25) is 0 Å². The van der Waals surface area contributed by atoms with Gasteiger partial charge in [-0.1, -0.05) is 6.08 Å². The van der Waals surface area contributed by atoms with E-state index in [0.717, 1.165) is 9.80 Å². The Bertz CT molecular complexity index is 524. The average Bonchev–Trinajstić information content (AvgIpc) is 2.41. The van der Waals surface area contributed by atoms with E-state index in [0.29, 0.717) is 0 Å². The number of nitrogens with zero attached hydrogens (tertiary/aromatic N) is 2. The van der Waals surface area contributed by atoms with E-state index in [1.165, 1.54) is 19.3 Å². The zero-order chi connectivity index (χ0) is 14.9. The molecule has 1 fully saturated rings. The lowest BCUT2D eigenvalue weighted by molar-refractivity contribution is -0.162. The molecule has 2 N–H and O–H groups in total. The van der Waals surface area contributed by atoms with Gasteiger partial charge in [-0.05, 0) is 6.08 Å². The monoisotopic (exact) mass is 282 g/mol. The van der Waals surface area contributed by atoms with Crippen molar-refractivity contribution in [3.05, 3.63) is 23.6 Å². The number of methoxy groups -OCH3 is 1. The summed E-state index contributed by atoms with van der Waals surface area (Å²) >= 11 is 0. The molecule has 1 atom stereocenters. The Morgan fingerprint density at radius 1 is 1.45 bits per heavy atom. The average molecular weight is 282 g/mol. The van der Waals surface area contributed by atoms with E-state index >= 15 is 0 Å². The fraction of sp³-hybridized carbons (Fsp3) is 0.417. The molecule has 8 nitrogen and oxygen atoms in total. The summed E-state index contributed by atoms with van der Waals surface area (Å²) in [7, 11) is 1.40. The maximum Gasteiger partial charge on any atom is 0.332 e. The van der Waals surface area contributed by atoms with E-state index in [4.69, 9.17) is 4.74 Å². The first-order valence-corrected chi connectivity index (χ1v) is 5.93. The Morgan fingerprint density at radius 2 is 2.15 bits per heavy atom. The molecule has 2 amide bonds. The molecule has 1 saturated heterocycles. The van der Waals surface area contributed by atoms with Gasteiger partial charge in [0.15, 0.2) is 6.04 Å². The Morgan fingerprint density at radius 3 is 2.75 bits per heavy atom. The fourth-order valence-corrected chi connectivity index (χ4v) is 2.25. The van der Waals surface area contributed by atoms with Gasteiger partial charge in [0.05, 0.1) is 12.3 Å². The van der Waals surface area contributed by atoms with Crippen LogP contribution < -0.4 is 0 Å². The molecule has 20 heavy (non-hydrogen) atoms. The number of aliphatic carboxylic acids is 1. The molecule has 1 unspecified atom stereocenters. The predicted octanol–water partition coefficient (Wildman–Crippen LogP) is -0.904. The molecule has 8 heteroatoms. The molecular weight excluding hydrogens is 268 g/mol. The highest BCUT2D eigenvalue weighted by molar-refractivity contribution is 6.37. The molecule has 0 aliphatic carbocycles. The lowest BCUT2D eigenvalue weighted by Crippen LogP contribution is -2.61. The van der Waals surface area contributed by atoms with Crippen LogP contribution in [0.1, 0.15) is 0 Å². The SMILES string of the molecule is COCCN1C(=O)C(=O)N2CC=CC(O)=C2C1C(=O)O. The van der Waals surface area contributed by atoms with Gasteiger partial charge in [-0.25, -0.2) is 4.79 Å². The summed E-state index contributed by atoms with van der Waals surface area (Å²) in [6, 6.07) is -1.40. The molecule has 0 bridgehead atoms. The molecule has 0 radical (unpaired) electrons. The maximum atomic E-state index is 12.0. The third kappa shape index (κ3) is 2.14. The second-order valence-corrected chi connectivity index (χ2v) is 4.32. The third-order valence-electron chi connectivity index (χ3n) is 3.15. The number of hydrogen-bond donors (Lipinski definition) is 2. The number of carboxylic acids is 1. The fourth-order valence-electron chi connectivity index (χ4n) is 2.25. The Hall–Kier alpha value is -2.35. The van der Waals surface area contributed by atoms with Gasteiger partial charge in [0.2, 0.25) is 0 Å². The molecule has 0 saturated carbocycles. The lowest BCUT2D eigenvalue weighted by Gasteiger charge is -2.41. The van der Waals surface area contributed by atoms with Crippen LogP contribution in [0.3, 0.4) is 0 Å². The summed E-state index contributed by atoms with van der Waals surface area (Å²) in [4.78, 5) is 37.3. The number of aliphatic hydroxyl groups is 1. The first-order valence-electron chi connectivity index (χ1n) is 5.93. The molecule has 2 aliphatic rings. The highest BCUT2D eigenvalue weighted by Crippen LogP contribution is 2.27. The molecule has 0 aromatic carbocycles. The molecule has 0 spiro atoms. The van der Waals surface area contributed by atoms with E-state index in [-0.39, 0.29) is 31.2 Å². The van der Waals surface area contributed by atoms with Gasteiger partial charge in [0.1, 0.15) is 5.76 Å². The number of carbonyl (C=O) groups is 3. The van der Waals surface area contributed by atoms with Gasteiger partial charge in [-0.15, -0.1) is 0 Å². The number of carboxylic acid groups (broad SMARTS) is 1. The Labute approximate surface area is 114 Å². The summed E-state index contributed by atoms with van der Waals surface area (Å²) in [5.74, 6) is -3.42. The van der Waals surface area contributed by atoms with Crippen molar-refractivity contribution in [2.45, 2.75) is 6.04 Å². The standard InChI is InChI=1S/C12H14N2O6/c1-20-6-5-14-9(12(18)19)8-7(15)3-2-4-13(8)10(16)11(14)17/h2-3,9,15H,4-6H2,1H3,(H,18,19). The summed E-state index contributed by atoms with van der Waals surface area (Å²) in [6.45, 7) is 0.102. The van der Waals surface area contributed by atoms with Gasteiger partial charge in [-0.2, -0.15) is 0 Å². The topological polar surface area (TPSA) is 107 Å². The second-order valence-electron chi connectivity index (χ2n) is 4.32. The number of ether oxygens (including phenoxy) is 1. The molecule has 108 valence electrons. The van der Waals surface area contributed by atoms with Crippen molar-refractivity contribution in [3.63, 3.8) is 0 Å². The molecule has 2 rings (SSSR count). The zero-order valence-electron chi connectivity index (χ0n) is 10.8. The van der Waals surface area contributed by atoms with Crippen LogP contribution in [0.4, 0.5) is 0 Å². The molecule has 0 aromatic heterocycles. The number of allylic oxidation sites excluding steroid dienone is 1. The van der Waals surface area contributed by atoms with Gasteiger partial charge >= 0.3 is 17.8 Å². The lowest BCUT2D eigenvalue weighted by atomic mass is 10.0. The largest absolute Gasteiger partial charge is 0.506 e. The van der Waals surface area contributed by atoms with Crippen LogP contribution in [-0.2, 0) is 19.1 Å². The van der Waals surface area contributed by atoms with E-state index in [2.05, 4.69) is 0 Å². The van der Waals surface area contributed by atoms with Crippen LogP contribution in [0, 0.1) is 0 Å². The van der Waals surface area contributed by atoms with E-state index in [9.17, 15) is 24.6 Å². The summed E-state index contributed by atoms with van der Waals surface area (Å²) in [5.41, 5.74) is -0.0827. The molecule has 2 heterocycles. The summed E-state index contributed by atoms with van der Waals surface area (Å²) in [5, 5.41) is 19.2. The number of piperazine rings is 1. The van der Waals surface area contributed by atoms with Crippen molar-refractivity contribution in [2.75, 3.05) is 26.8 Å². The second kappa shape index (κ2) is 5.33. The minimum Gasteiger partial charge on any atom is -0.506 e. The number of hydrogen-bond acceptors (Lipinski definition) is 5. The Balaban J connectivity index is 2.47. The number of amides is 2. The molecule has 2 aliphatic heterocycles. The van der Waals surface area contributed by atoms with Crippen molar-refractivity contribution in [3.8, 4) is 0 Å². The number of fused-ring (bicyclic) bond motifs is 1. The van der Waals surface area contributed by atoms with Crippen molar-refractivity contribution in [1.82, 2.24) is 9.80 Å². The van der Waals surface area contributed by atoms with Gasteiger partial charge in [0, 0.05) is 20.2 Å². The molecular formula is C12H14N2O6. The van der Waals surface area contributed by atoms with Crippen LogP contribution in [0.25, 0.3) is 0 Å². The van der Waals surface area contributed by atoms with Crippen molar-refractivity contribution >= 4 is 17.8 Å². The number of carbonyl (C=O) groups excluding carboxylic acids is 2. The number of aliphatic hydroxyl groups excluding tert-OH is 1. The minimum atomic E-state index is -1.40. The smallest absolute Gasteiger partial charge is 0.332 e. The third-order valence-corrected chi connectivity index (χ3v) is 3.15. The molecule has 0 aromatic rings. The van der Waals surface area contributed by atoms with E-state index < -0.39 is 23.8 Å². The predicted molar refractivity (Wildman–Crippen MR) is 65.5 cm³/mol. The minimum absolute atomic E-state index is 0.0492. The first-order chi connectivity index (χ1) is 9.49. The quantitative estimate of drug-likeness (QED) is 0.647. The van der Waals surface area contributed by atoms with Gasteiger partial charge < -0.3 is 19.8 Å².